The van der Waals surface area contributed by atoms with Crippen LogP contribution in [-0.2, 0) is 11.0 Å². The molecular formula is C19H22F3N3OS. The number of thioether (sulfide) groups is 1. The Morgan fingerprint density at radius 3 is 2.85 bits per heavy atom. The fraction of sp³-hybridized carbons (Fsp3) is 0.474. The van der Waals surface area contributed by atoms with Crippen LogP contribution in [0.15, 0.2) is 30.5 Å². The summed E-state index contributed by atoms with van der Waals surface area (Å²) in [6, 6.07) is 4.99. The lowest BCUT2D eigenvalue weighted by molar-refractivity contribution is -0.137. The SMILES string of the molecule is CSC(C)C(=O)N1CCCCC1c1ncc(-c2cccc(C(F)(F)F)c2)[nH]1. The van der Waals surface area contributed by atoms with Gasteiger partial charge in [0.15, 0.2) is 0 Å². The van der Waals surface area contributed by atoms with Crippen LogP contribution in [0.3, 0.4) is 0 Å². The first kappa shape index (κ1) is 19.8. The smallest absolute Gasteiger partial charge is 0.340 e. The predicted molar refractivity (Wildman–Crippen MR) is 100 cm³/mol. The van der Waals surface area contributed by atoms with Crippen LogP contribution in [0.4, 0.5) is 13.2 Å². The number of benzene rings is 1. The van der Waals surface area contributed by atoms with E-state index < -0.39 is 11.7 Å². The fourth-order valence-electron chi connectivity index (χ4n) is 3.33. The summed E-state index contributed by atoms with van der Waals surface area (Å²) in [6.07, 6.45) is 1.79. The molecule has 2 aromatic rings. The number of carbonyl (C=O) groups excluding carboxylic acids is 1. The van der Waals surface area contributed by atoms with Crippen LogP contribution >= 0.6 is 11.8 Å². The number of rotatable bonds is 4. The molecule has 27 heavy (non-hydrogen) atoms. The number of nitrogens with one attached hydrogen (secondary N) is 1. The first-order valence-corrected chi connectivity index (χ1v) is 10.2. The maximum Gasteiger partial charge on any atom is 0.416 e. The minimum absolute atomic E-state index is 0.0734. The summed E-state index contributed by atoms with van der Waals surface area (Å²) in [5.74, 6) is 0.702. The zero-order chi connectivity index (χ0) is 19.6. The van der Waals surface area contributed by atoms with Crippen LogP contribution in [0.1, 0.15) is 43.6 Å². The Hall–Kier alpha value is -1.96. The minimum Gasteiger partial charge on any atom is -0.340 e. The van der Waals surface area contributed by atoms with E-state index in [1.54, 1.807) is 12.3 Å². The van der Waals surface area contributed by atoms with E-state index in [2.05, 4.69) is 9.97 Å². The van der Waals surface area contributed by atoms with Gasteiger partial charge in [0.05, 0.1) is 28.7 Å². The molecule has 0 spiro atoms. The molecule has 0 bridgehead atoms. The highest BCUT2D eigenvalue weighted by Crippen LogP contribution is 2.34. The first-order chi connectivity index (χ1) is 12.8. The molecule has 8 heteroatoms. The zero-order valence-electron chi connectivity index (χ0n) is 15.2. The molecular weight excluding hydrogens is 375 g/mol. The van der Waals surface area contributed by atoms with Gasteiger partial charge in [-0.15, -0.1) is 0 Å². The van der Waals surface area contributed by atoms with Gasteiger partial charge in [-0.25, -0.2) is 4.98 Å². The number of H-pyrrole nitrogens is 1. The molecule has 2 heterocycles. The van der Waals surface area contributed by atoms with Gasteiger partial charge in [0.25, 0.3) is 0 Å². The Morgan fingerprint density at radius 2 is 2.15 bits per heavy atom. The monoisotopic (exact) mass is 397 g/mol. The summed E-state index contributed by atoms with van der Waals surface area (Å²) in [5.41, 5.74) is 0.251. The van der Waals surface area contributed by atoms with Crippen LogP contribution < -0.4 is 0 Å². The second-order valence-electron chi connectivity index (χ2n) is 6.68. The van der Waals surface area contributed by atoms with Gasteiger partial charge in [-0.1, -0.05) is 12.1 Å². The molecule has 1 N–H and O–H groups in total. The third-order valence-electron chi connectivity index (χ3n) is 4.90. The second kappa shape index (κ2) is 7.96. The van der Waals surface area contributed by atoms with Crippen molar-refractivity contribution in [3.63, 3.8) is 0 Å². The zero-order valence-corrected chi connectivity index (χ0v) is 16.0. The number of carbonyl (C=O) groups is 1. The van der Waals surface area contributed by atoms with Crippen molar-refractivity contribution in [1.29, 1.82) is 0 Å². The number of hydrogen-bond acceptors (Lipinski definition) is 3. The maximum atomic E-state index is 13.0. The Morgan fingerprint density at radius 1 is 1.37 bits per heavy atom. The highest BCUT2D eigenvalue weighted by atomic mass is 32.2. The van der Waals surface area contributed by atoms with Crippen LogP contribution in [0.25, 0.3) is 11.3 Å². The Balaban J connectivity index is 1.87. The molecule has 2 unspecified atom stereocenters. The molecule has 0 radical (unpaired) electrons. The van der Waals surface area contributed by atoms with Crippen LogP contribution in [-0.4, -0.2) is 38.8 Å². The summed E-state index contributed by atoms with van der Waals surface area (Å²) in [5, 5.41) is -0.136. The molecule has 0 saturated carbocycles. The van der Waals surface area contributed by atoms with E-state index in [0.717, 1.165) is 31.4 Å². The van der Waals surface area contributed by atoms with Gasteiger partial charge in [-0.3, -0.25) is 4.79 Å². The first-order valence-electron chi connectivity index (χ1n) is 8.87. The molecule has 1 saturated heterocycles. The Bertz CT molecular complexity index is 805. The van der Waals surface area contributed by atoms with Crippen molar-refractivity contribution in [1.82, 2.24) is 14.9 Å². The van der Waals surface area contributed by atoms with Crippen molar-refractivity contribution in [2.45, 2.75) is 43.7 Å². The molecule has 1 amide bonds. The lowest BCUT2D eigenvalue weighted by atomic mass is 10.0. The van der Waals surface area contributed by atoms with E-state index >= 15 is 0 Å². The summed E-state index contributed by atoms with van der Waals surface area (Å²) in [6.45, 7) is 2.56. The normalized spacial score (nSPS) is 19.1. The number of aromatic nitrogens is 2. The van der Waals surface area contributed by atoms with Gasteiger partial charge in [-0.2, -0.15) is 24.9 Å². The van der Waals surface area contributed by atoms with Gasteiger partial charge in [-0.05, 0) is 44.6 Å². The van der Waals surface area contributed by atoms with Gasteiger partial charge in [0.2, 0.25) is 5.91 Å². The molecule has 1 aromatic heterocycles. The molecule has 4 nitrogen and oxygen atoms in total. The van der Waals surface area contributed by atoms with Gasteiger partial charge in [0, 0.05) is 12.1 Å². The minimum atomic E-state index is -4.39. The van der Waals surface area contributed by atoms with Crippen molar-refractivity contribution < 1.29 is 18.0 Å². The maximum absolute atomic E-state index is 13.0. The average Bonchev–Trinajstić information content (AvgIpc) is 3.16. The quantitative estimate of drug-likeness (QED) is 0.798. The van der Waals surface area contributed by atoms with Gasteiger partial charge >= 0.3 is 6.18 Å². The van der Waals surface area contributed by atoms with E-state index in [1.807, 2.05) is 18.1 Å². The fourth-order valence-corrected chi connectivity index (χ4v) is 3.67. The lowest BCUT2D eigenvalue weighted by Gasteiger charge is -2.36. The number of halogens is 3. The Kier molecular flexibility index (Phi) is 5.83. The summed E-state index contributed by atoms with van der Waals surface area (Å²) >= 11 is 1.50. The topological polar surface area (TPSA) is 49.0 Å². The number of alkyl halides is 3. The van der Waals surface area contributed by atoms with Crippen molar-refractivity contribution in [2.24, 2.45) is 0 Å². The molecule has 3 rings (SSSR count). The van der Waals surface area contributed by atoms with Crippen LogP contribution in [0.2, 0.25) is 0 Å². The van der Waals surface area contributed by atoms with E-state index in [1.165, 1.54) is 17.8 Å². The van der Waals surface area contributed by atoms with E-state index in [9.17, 15) is 18.0 Å². The van der Waals surface area contributed by atoms with Gasteiger partial charge < -0.3 is 9.88 Å². The highest BCUT2D eigenvalue weighted by Gasteiger charge is 2.33. The van der Waals surface area contributed by atoms with Crippen molar-refractivity contribution >= 4 is 17.7 Å². The second-order valence-corrected chi connectivity index (χ2v) is 7.86. The number of imidazole rings is 1. The number of likely N-dealkylation sites (tertiary alicyclic amines) is 1. The summed E-state index contributed by atoms with van der Waals surface area (Å²) in [4.78, 5) is 22.1. The van der Waals surface area contributed by atoms with Crippen molar-refractivity contribution in [3.05, 3.63) is 41.9 Å². The van der Waals surface area contributed by atoms with E-state index in [0.29, 0.717) is 23.6 Å². The Labute approximate surface area is 160 Å². The van der Waals surface area contributed by atoms with Crippen LogP contribution in [0.5, 0.6) is 0 Å². The largest absolute Gasteiger partial charge is 0.416 e. The predicted octanol–water partition coefficient (Wildman–Crippen LogP) is 4.90. The average molecular weight is 397 g/mol. The van der Waals surface area contributed by atoms with Crippen molar-refractivity contribution in [3.8, 4) is 11.3 Å². The summed E-state index contributed by atoms with van der Waals surface area (Å²) < 4.78 is 38.9. The van der Waals surface area contributed by atoms with E-state index in [4.69, 9.17) is 0 Å². The molecule has 1 aromatic carbocycles. The van der Waals surface area contributed by atoms with E-state index in [-0.39, 0.29) is 17.2 Å². The molecule has 1 aliphatic rings. The van der Waals surface area contributed by atoms with Crippen LogP contribution in [0, 0.1) is 0 Å². The molecule has 1 aliphatic heterocycles. The lowest BCUT2D eigenvalue weighted by Crippen LogP contribution is -2.42. The molecule has 146 valence electrons. The molecule has 0 aliphatic carbocycles. The third kappa shape index (κ3) is 4.31. The summed E-state index contributed by atoms with van der Waals surface area (Å²) in [7, 11) is 0. The number of hydrogen-bond donors (Lipinski definition) is 1. The standard InChI is InChI=1S/C19H22F3N3OS/c1-12(27-2)18(26)25-9-4-3-8-16(25)17-23-11-15(24-17)13-6-5-7-14(10-13)19(20,21)22/h5-7,10-12,16H,3-4,8-9H2,1-2H3,(H,23,24). The third-order valence-corrected chi connectivity index (χ3v) is 5.81. The number of piperidine rings is 1. The molecule has 1 fully saturated rings. The highest BCUT2D eigenvalue weighted by molar-refractivity contribution is 7.99. The number of aromatic amines is 1. The molecule has 2 atom stereocenters. The van der Waals surface area contributed by atoms with Gasteiger partial charge in [0.1, 0.15) is 5.82 Å². The number of nitrogens with zero attached hydrogens (tertiary/aromatic N) is 2. The van der Waals surface area contributed by atoms with Crippen molar-refractivity contribution in [2.75, 3.05) is 12.8 Å². The number of amides is 1.